The molecule has 118 valence electrons. The van der Waals surface area contributed by atoms with E-state index >= 15 is 0 Å². The second kappa shape index (κ2) is 5.85. The number of pyridine rings is 1. The maximum Gasteiger partial charge on any atom is 0.213 e. The van der Waals surface area contributed by atoms with E-state index in [0.717, 1.165) is 22.3 Å². The van der Waals surface area contributed by atoms with Gasteiger partial charge in [0.25, 0.3) is 0 Å². The molecule has 1 saturated heterocycles. The van der Waals surface area contributed by atoms with Crippen LogP contribution in [0.5, 0.6) is 0 Å². The molecule has 0 spiro atoms. The van der Waals surface area contributed by atoms with Gasteiger partial charge in [-0.25, -0.2) is 13.4 Å². The number of piperazine rings is 1. The smallest absolute Gasteiger partial charge is 0.213 e. The summed E-state index contributed by atoms with van der Waals surface area (Å²) in [5, 5.41) is 1.14. The van der Waals surface area contributed by atoms with Gasteiger partial charge in [-0.3, -0.25) is 0 Å². The van der Waals surface area contributed by atoms with Gasteiger partial charge in [-0.2, -0.15) is 4.31 Å². The summed E-state index contributed by atoms with van der Waals surface area (Å²) < 4.78 is 25.4. The zero-order chi connectivity index (χ0) is 15.7. The minimum absolute atomic E-state index is 0.167. The van der Waals surface area contributed by atoms with Crippen molar-refractivity contribution in [2.75, 3.05) is 36.8 Å². The van der Waals surface area contributed by atoms with E-state index in [1.165, 1.54) is 0 Å². The minimum Gasteiger partial charge on any atom is -0.354 e. The molecule has 3 rings (SSSR count). The van der Waals surface area contributed by atoms with E-state index in [1.807, 2.05) is 18.2 Å². The Morgan fingerprint density at radius 2 is 1.82 bits per heavy atom. The van der Waals surface area contributed by atoms with Crippen molar-refractivity contribution in [1.29, 1.82) is 0 Å². The molecule has 2 heterocycles. The molecule has 0 amide bonds. The molecule has 1 aromatic heterocycles. The zero-order valence-electron chi connectivity index (χ0n) is 13.0. The Balaban J connectivity index is 1.83. The molecule has 0 N–H and O–H groups in total. The highest BCUT2D eigenvalue weighted by Crippen LogP contribution is 2.24. The molecule has 22 heavy (non-hydrogen) atoms. The van der Waals surface area contributed by atoms with Crippen LogP contribution in [0.15, 0.2) is 30.3 Å². The van der Waals surface area contributed by atoms with Gasteiger partial charge in [-0.05, 0) is 31.5 Å². The lowest BCUT2D eigenvalue weighted by Crippen LogP contribution is -2.49. The molecule has 0 bridgehead atoms. The van der Waals surface area contributed by atoms with Gasteiger partial charge in [0.05, 0.1) is 11.3 Å². The molecule has 2 aromatic rings. The lowest BCUT2D eigenvalue weighted by atomic mass is 10.1. The van der Waals surface area contributed by atoms with Crippen molar-refractivity contribution >= 4 is 26.7 Å². The van der Waals surface area contributed by atoms with Crippen molar-refractivity contribution in [2.24, 2.45) is 0 Å². The first-order chi connectivity index (χ1) is 10.5. The highest BCUT2D eigenvalue weighted by molar-refractivity contribution is 7.89. The summed E-state index contributed by atoms with van der Waals surface area (Å²) in [4.78, 5) is 6.95. The quantitative estimate of drug-likeness (QED) is 0.868. The molecule has 1 fully saturated rings. The van der Waals surface area contributed by atoms with Gasteiger partial charge in [-0.1, -0.05) is 18.2 Å². The summed E-state index contributed by atoms with van der Waals surface area (Å²) in [7, 11) is -3.09. The number of fused-ring (bicyclic) bond motifs is 1. The molecule has 5 nitrogen and oxygen atoms in total. The summed E-state index contributed by atoms with van der Waals surface area (Å²) in [6, 6.07) is 10.2. The van der Waals surface area contributed by atoms with E-state index in [-0.39, 0.29) is 5.75 Å². The monoisotopic (exact) mass is 319 g/mol. The summed E-state index contributed by atoms with van der Waals surface area (Å²) in [5.74, 6) is 1.13. The number of sulfonamides is 1. The largest absolute Gasteiger partial charge is 0.354 e. The molecule has 0 atom stereocenters. The van der Waals surface area contributed by atoms with Crippen LogP contribution in [0.25, 0.3) is 10.9 Å². The number of benzene rings is 1. The van der Waals surface area contributed by atoms with Crippen LogP contribution < -0.4 is 4.90 Å². The average molecular weight is 319 g/mol. The number of aryl methyl sites for hydroxylation is 1. The third kappa shape index (κ3) is 2.80. The second-order valence-corrected chi connectivity index (χ2v) is 7.87. The van der Waals surface area contributed by atoms with E-state index < -0.39 is 10.0 Å². The van der Waals surface area contributed by atoms with Crippen molar-refractivity contribution in [2.45, 2.75) is 13.8 Å². The molecule has 1 aliphatic rings. The van der Waals surface area contributed by atoms with Crippen molar-refractivity contribution in [3.05, 3.63) is 35.9 Å². The van der Waals surface area contributed by atoms with Crippen molar-refractivity contribution in [3.63, 3.8) is 0 Å². The fourth-order valence-corrected chi connectivity index (χ4v) is 3.98. The summed E-state index contributed by atoms with van der Waals surface area (Å²) in [6.45, 7) is 6.19. The van der Waals surface area contributed by atoms with Crippen LogP contribution in [0.3, 0.4) is 0 Å². The molecule has 0 saturated carbocycles. The lowest BCUT2D eigenvalue weighted by molar-refractivity contribution is 0.384. The third-order valence-corrected chi connectivity index (χ3v) is 6.07. The van der Waals surface area contributed by atoms with Gasteiger partial charge >= 0.3 is 0 Å². The maximum absolute atomic E-state index is 11.9. The molecular formula is C16H21N3O2S. The van der Waals surface area contributed by atoms with Crippen LogP contribution in [-0.2, 0) is 10.0 Å². The summed E-state index contributed by atoms with van der Waals surface area (Å²) in [5.41, 5.74) is 2.11. The van der Waals surface area contributed by atoms with Gasteiger partial charge in [0.15, 0.2) is 0 Å². The Morgan fingerprint density at radius 1 is 1.14 bits per heavy atom. The van der Waals surface area contributed by atoms with E-state index in [9.17, 15) is 8.42 Å². The summed E-state index contributed by atoms with van der Waals surface area (Å²) >= 11 is 0. The molecule has 6 heteroatoms. The highest BCUT2D eigenvalue weighted by Gasteiger charge is 2.26. The zero-order valence-corrected chi connectivity index (χ0v) is 13.8. The minimum atomic E-state index is -3.09. The number of rotatable bonds is 3. The Hall–Kier alpha value is -1.66. The Morgan fingerprint density at radius 3 is 2.50 bits per heavy atom. The number of aromatic nitrogens is 1. The SMILES string of the molecule is CCS(=O)(=O)N1CCN(c2nc3ccccc3cc2C)CC1. The molecule has 0 aliphatic carbocycles. The standard InChI is InChI=1S/C16H21N3O2S/c1-3-22(20,21)19-10-8-18(9-11-19)16-13(2)12-14-6-4-5-7-15(14)17-16/h4-7,12H,3,8-11H2,1-2H3. The lowest BCUT2D eigenvalue weighted by Gasteiger charge is -2.35. The van der Waals surface area contributed by atoms with Crippen LogP contribution in [0.4, 0.5) is 5.82 Å². The van der Waals surface area contributed by atoms with Crippen molar-refractivity contribution in [3.8, 4) is 0 Å². The first-order valence-corrected chi connectivity index (χ1v) is 9.21. The molecular weight excluding hydrogens is 298 g/mol. The van der Waals surface area contributed by atoms with Gasteiger partial charge in [-0.15, -0.1) is 0 Å². The van der Waals surface area contributed by atoms with Crippen molar-refractivity contribution < 1.29 is 8.42 Å². The molecule has 0 radical (unpaired) electrons. The number of anilines is 1. The Kier molecular flexibility index (Phi) is 4.06. The van der Waals surface area contributed by atoms with Crippen LogP contribution in [0.1, 0.15) is 12.5 Å². The van der Waals surface area contributed by atoms with E-state index in [0.29, 0.717) is 26.2 Å². The van der Waals surface area contributed by atoms with Crippen LogP contribution >= 0.6 is 0 Å². The Bertz CT molecular complexity index is 781. The van der Waals surface area contributed by atoms with Gasteiger partial charge < -0.3 is 4.90 Å². The van der Waals surface area contributed by atoms with Gasteiger partial charge in [0.2, 0.25) is 10.0 Å². The fourth-order valence-electron chi connectivity index (χ4n) is 2.89. The number of hydrogen-bond acceptors (Lipinski definition) is 4. The van der Waals surface area contributed by atoms with Crippen molar-refractivity contribution in [1.82, 2.24) is 9.29 Å². The first-order valence-electron chi connectivity index (χ1n) is 7.60. The summed E-state index contributed by atoms with van der Waals surface area (Å²) in [6.07, 6.45) is 0. The third-order valence-electron chi connectivity index (χ3n) is 4.18. The molecule has 1 aromatic carbocycles. The topological polar surface area (TPSA) is 53.5 Å². The number of nitrogens with zero attached hydrogens (tertiary/aromatic N) is 3. The predicted molar refractivity (Wildman–Crippen MR) is 89.7 cm³/mol. The number of hydrogen-bond donors (Lipinski definition) is 0. The second-order valence-electron chi connectivity index (χ2n) is 5.61. The van der Waals surface area contributed by atoms with E-state index in [4.69, 9.17) is 4.98 Å². The fraction of sp³-hybridized carbons (Fsp3) is 0.438. The van der Waals surface area contributed by atoms with Crippen LogP contribution in [0, 0.1) is 6.92 Å². The molecule has 1 aliphatic heterocycles. The predicted octanol–water partition coefficient (Wildman–Crippen LogP) is 2.01. The Labute approximate surface area is 131 Å². The van der Waals surface area contributed by atoms with E-state index in [1.54, 1.807) is 11.2 Å². The maximum atomic E-state index is 11.9. The van der Waals surface area contributed by atoms with Gasteiger partial charge in [0, 0.05) is 31.6 Å². The van der Waals surface area contributed by atoms with Gasteiger partial charge in [0.1, 0.15) is 5.82 Å². The molecule has 0 unspecified atom stereocenters. The normalized spacial score (nSPS) is 17.1. The highest BCUT2D eigenvalue weighted by atomic mass is 32.2. The number of para-hydroxylation sites is 1. The first kappa shape index (κ1) is 15.2. The average Bonchev–Trinajstić information content (AvgIpc) is 2.54. The van der Waals surface area contributed by atoms with Crippen LogP contribution in [-0.4, -0.2) is 49.6 Å². The van der Waals surface area contributed by atoms with Crippen LogP contribution in [0.2, 0.25) is 0 Å². The van der Waals surface area contributed by atoms with E-state index in [2.05, 4.69) is 24.0 Å².